The second-order valence-electron chi connectivity index (χ2n) is 6.56. The fraction of sp³-hybridized carbons (Fsp3) is 0.190. The van der Waals surface area contributed by atoms with Gasteiger partial charge in [0.25, 0.3) is 11.6 Å². The number of amides is 1. The lowest BCUT2D eigenvalue weighted by molar-refractivity contribution is -0.384. The van der Waals surface area contributed by atoms with Crippen molar-refractivity contribution in [3.8, 4) is 5.69 Å². The maximum Gasteiger partial charge on any atom is 0.294 e. The van der Waals surface area contributed by atoms with Crippen LogP contribution in [-0.4, -0.2) is 33.7 Å². The summed E-state index contributed by atoms with van der Waals surface area (Å²) in [5.74, 6) is -0.618. The van der Waals surface area contributed by atoms with Crippen LogP contribution in [0.2, 0.25) is 0 Å². The Balaban J connectivity index is 1.70. The Kier molecular flexibility index (Phi) is 6.53. The molecule has 0 saturated carbocycles. The van der Waals surface area contributed by atoms with Gasteiger partial charge in [0.1, 0.15) is 5.69 Å². The van der Waals surface area contributed by atoms with Gasteiger partial charge >= 0.3 is 0 Å². The number of carbonyl (C=O) groups excluding carboxylic acids is 1. The Morgan fingerprint density at radius 1 is 1.10 bits per heavy atom. The van der Waals surface area contributed by atoms with Gasteiger partial charge in [0.2, 0.25) is 5.43 Å². The van der Waals surface area contributed by atoms with E-state index >= 15 is 0 Å². The van der Waals surface area contributed by atoms with E-state index in [1.54, 1.807) is 13.0 Å². The predicted octanol–water partition coefficient (Wildman–Crippen LogP) is 2.68. The van der Waals surface area contributed by atoms with Crippen LogP contribution in [0, 0.1) is 17.0 Å². The summed E-state index contributed by atoms with van der Waals surface area (Å²) in [5.41, 5.74) is 0.530. The quantitative estimate of drug-likeness (QED) is 0.337. The maximum absolute atomic E-state index is 12.5. The fourth-order valence-corrected chi connectivity index (χ4v) is 2.91. The van der Waals surface area contributed by atoms with Crippen molar-refractivity contribution in [1.29, 1.82) is 0 Å². The lowest BCUT2D eigenvalue weighted by Gasteiger charge is -2.12. The topological polar surface area (TPSA) is 119 Å². The highest BCUT2D eigenvalue weighted by atomic mass is 16.6. The highest BCUT2D eigenvalue weighted by Gasteiger charge is 2.19. The van der Waals surface area contributed by atoms with E-state index in [0.717, 1.165) is 5.69 Å². The van der Waals surface area contributed by atoms with E-state index in [-0.39, 0.29) is 17.1 Å². The van der Waals surface area contributed by atoms with Crippen molar-refractivity contribution in [2.24, 2.45) is 0 Å². The molecule has 1 amide bonds. The summed E-state index contributed by atoms with van der Waals surface area (Å²) in [7, 11) is 0. The van der Waals surface area contributed by atoms with E-state index in [2.05, 4.69) is 15.7 Å². The minimum atomic E-state index is -0.618. The normalized spacial score (nSPS) is 10.4. The number of carbonyl (C=O) groups is 1. The number of aromatic nitrogens is 2. The van der Waals surface area contributed by atoms with E-state index in [4.69, 9.17) is 0 Å². The van der Waals surface area contributed by atoms with E-state index in [9.17, 15) is 19.7 Å². The first-order valence-corrected chi connectivity index (χ1v) is 9.39. The first-order chi connectivity index (χ1) is 14.5. The van der Waals surface area contributed by atoms with Gasteiger partial charge in [-0.2, -0.15) is 5.10 Å². The summed E-state index contributed by atoms with van der Waals surface area (Å²) in [6, 6.07) is 16.9. The van der Waals surface area contributed by atoms with Crippen LogP contribution in [0.5, 0.6) is 0 Å². The molecular weight excluding hydrogens is 386 g/mol. The minimum absolute atomic E-state index is 0.171. The third-order valence-electron chi connectivity index (χ3n) is 4.37. The average Bonchev–Trinajstić information content (AvgIpc) is 2.74. The second-order valence-corrected chi connectivity index (χ2v) is 6.56. The summed E-state index contributed by atoms with van der Waals surface area (Å²) in [6.45, 7) is 2.59. The summed E-state index contributed by atoms with van der Waals surface area (Å²) in [6.07, 6.45) is 0.644. The number of benzene rings is 2. The molecule has 0 bridgehead atoms. The largest absolute Gasteiger partial charge is 0.385 e. The summed E-state index contributed by atoms with van der Waals surface area (Å²) >= 11 is 0. The van der Waals surface area contributed by atoms with Crippen LogP contribution in [0.15, 0.2) is 65.5 Å². The van der Waals surface area contributed by atoms with Gasteiger partial charge in [0.15, 0.2) is 5.69 Å². The molecule has 2 N–H and O–H groups in total. The molecule has 30 heavy (non-hydrogen) atoms. The molecule has 0 atom stereocenters. The van der Waals surface area contributed by atoms with Gasteiger partial charge in [0.05, 0.1) is 4.92 Å². The highest BCUT2D eigenvalue weighted by molar-refractivity contribution is 5.92. The lowest BCUT2D eigenvalue weighted by atomic mass is 10.2. The number of nitro benzene ring substituents is 1. The van der Waals surface area contributed by atoms with E-state index < -0.39 is 16.3 Å². The lowest BCUT2D eigenvalue weighted by Crippen LogP contribution is -2.33. The zero-order chi connectivity index (χ0) is 21.5. The van der Waals surface area contributed by atoms with Crippen molar-refractivity contribution in [2.75, 3.05) is 18.4 Å². The third-order valence-corrected chi connectivity index (χ3v) is 4.37. The molecule has 1 heterocycles. The minimum Gasteiger partial charge on any atom is -0.385 e. The average molecular weight is 407 g/mol. The molecule has 0 aliphatic heterocycles. The van der Waals surface area contributed by atoms with Crippen LogP contribution in [-0.2, 0) is 0 Å². The molecule has 2 aromatic carbocycles. The number of nitrogens with zero attached hydrogens (tertiary/aromatic N) is 3. The SMILES string of the molecule is Cc1cc(=O)c(C(=O)NCCCNc2ccccc2)nn1-c1ccccc1[N+](=O)[O-]. The van der Waals surface area contributed by atoms with Gasteiger partial charge in [-0.3, -0.25) is 19.7 Å². The van der Waals surface area contributed by atoms with Gasteiger partial charge in [-0.15, -0.1) is 0 Å². The second kappa shape index (κ2) is 9.46. The molecule has 0 spiro atoms. The number of aryl methyl sites for hydroxylation is 1. The van der Waals surface area contributed by atoms with Gasteiger partial charge in [-0.1, -0.05) is 30.3 Å². The summed E-state index contributed by atoms with van der Waals surface area (Å²) < 4.78 is 1.24. The zero-order valence-electron chi connectivity index (χ0n) is 16.4. The molecule has 0 saturated heterocycles. The molecule has 0 aliphatic carbocycles. The molecule has 0 aliphatic rings. The smallest absolute Gasteiger partial charge is 0.294 e. The summed E-state index contributed by atoms with van der Waals surface area (Å²) in [4.78, 5) is 35.5. The Morgan fingerprint density at radius 3 is 2.53 bits per heavy atom. The van der Waals surface area contributed by atoms with E-state index in [1.165, 1.54) is 28.9 Å². The Morgan fingerprint density at radius 2 is 1.80 bits per heavy atom. The van der Waals surface area contributed by atoms with Crippen molar-refractivity contribution in [3.63, 3.8) is 0 Å². The third kappa shape index (κ3) is 4.88. The van der Waals surface area contributed by atoms with Crippen LogP contribution in [0.3, 0.4) is 0 Å². The van der Waals surface area contributed by atoms with Crippen LogP contribution in [0.1, 0.15) is 22.6 Å². The molecule has 0 radical (unpaired) electrons. The van der Waals surface area contributed by atoms with Crippen LogP contribution in [0.4, 0.5) is 11.4 Å². The molecule has 9 nitrogen and oxygen atoms in total. The molecule has 1 aromatic heterocycles. The van der Waals surface area contributed by atoms with Crippen molar-refractivity contribution in [2.45, 2.75) is 13.3 Å². The number of hydrogen-bond acceptors (Lipinski definition) is 6. The monoisotopic (exact) mass is 407 g/mol. The molecule has 154 valence electrons. The van der Waals surface area contributed by atoms with Gasteiger partial charge in [0, 0.05) is 36.6 Å². The molecule has 0 unspecified atom stereocenters. The van der Waals surface area contributed by atoms with E-state index in [0.29, 0.717) is 25.2 Å². The maximum atomic E-state index is 12.5. The van der Waals surface area contributed by atoms with Crippen LogP contribution >= 0.6 is 0 Å². The van der Waals surface area contributed by atoms with Crippen LogP contribution in [0.25, 0.3) is 5.69 Å². The number of nitrogens with one attached hydrogen (secondary N) is 2. The van der Waals surface area contributed by atoms with Crippen molar-refractivity contribution >= 4 is 17.3 Å². The number of para-hydroxylation sites is 3. The molecular formula is C21H21N5O4. The van der Waals surface area contributed by atoms with Crippen molar-refractivity contribution in [1.82, 2.24) is 15.1 Å². The van der Waals surface area contributed by atoms with Crippen LogP contribution < -0.4 is 16.1 Å². The molecule has 3 aromatic rings. The standard InChI is InChI=1S/C21H21N5O4/c1-15-14-19(27)20(24-25(15)17-10-5-6-11-18(17)26(29)30)21(28)23-13-7-12-22-16-8-3-2-4-9-16/h2-6,8-11,14,22H,7,12-13H2,1H3,(H,23,28). The first kappa shape index (κ1) is 20.7. The van der Waals surface area contributed by atoms with Gasteiger partial charge < -0.3 is 10.6 Å². The number of nitro groups is 1. The Labute approximate surface area is 172 Å². The number of hydrogen-bond donors (Lipinski definition) is 2. The molecule has 3 rings (SSSR count). The highest BCUT2D eigenvalue weighted by Crippen LogP contribution is 2.22. The first-order valence-electron chi connectivity index (χ1n) is 9.39. The predicted molar refractivity (Wildman–Crippen MR) is 113 cm³/mol. The fourth-order valence-electron chi connectivity index (χ4n) is 2.91. The number of rotatable bonds is 8. The summed E-state index contributed by atoms with van der Waals surface area (Å²) in [5, 5.41) is 21.3. The Hall–Kier alpha value is -4.01. The molecule has 9 heteroatoms. The van der Waals surface area contributed by atoms with Gasteiger partial charge in [-0.25, -0.2) is 4.68 Å². The van der Waals surface area contributed by atoms with Gasteiger partial charge in [-0.05, 0) is 31.5 Å². The zero-order valence-corrected chi connectivity index (χ0v) is 16.4. The van der Waals surface area contributed by atoms with Crippen molar-refractivity contribution in [3.05, 3.63) is 92.4 Å². The Bertz CT molecular complexity index is 1110. The van der Waals surface area contributed by atoms with Crippen molar-refractivity contribution < 1.29 is 9.72 Å². The number of anilines is 1. The van der Waals surface area contributed by atoms with E-state index in [1.807, 2.05) is 30.3 Å². The molecule has 0 fully saturated rings.